The van der Waals surface area contributed by atoms with Crippen LogP contribution >= 0.6 is 0 Å². The predicted molar refractivity (Wildman–Crippen MR) is 121 cm³/mol. The summed E-state index contributed by atoms with van der Waals surface area (Å²) in [7, 11) is 4.70. The average molecular weight is 452 g/mol. The molecule has 1 fully saturated rings. The maximum Gasteiger partial charge on any atom is 0.407 e. The SMILES string of the molecule is COc1cc(OC)c(OC)cc1CNC(=O)CN1CCCCC1CNC(=O)OC(C)(C)C. The van der Waals surface area contributed by atoms with Crippen LogP contribution in [0.15, 0.2) is 12.1 Å². The fourth-order valence-corrected chi connectivity index (χ4v) is 3.68. The molecule has 1 unspecified atom stereocenters. The normalized spacial score (nSPS) is 16.8. The molecule has 1 saturated heterocycles. The Bertz CT molecular complexity index is 778. The van der Waals surface area contributed by atoms with Crippen LogP contribution in [-0.2, 0) is 16.1 Å². The van der Waals surface area contributed by atoms with Crippen LogP contribution in [-0.4, -0.2) is 69.5 Å². The summed E-state index contributed by atoms with van der Waals surface area (Å²) in [6.07, 6.45) is 2.58. The van der Waals surface area contributed by atoms with Crippen molar-refractivity contribution < 1.29 is 28.5 Å². The second kappa shape index (κ2) is 11.8. The van der Waals surface area contributed by atoms with Crippen LogP contribution in [0.25, 0.3) is 0 Å². The van der Waals surface area contributed by atoms with Crippen LogP contribution in [0, 0.1) is 0 Å². The summed E-state index contributed by atoms with van der Waals surface area (Å²) in [6, 6.07) is 3.63. The minimum atomic E-state index is -0.540. The lowest BCUT2D eigenvalue weighted by Gasteiger charge is -2.35. The molecule has 2 rings (SSSR count). The number of amides is 2. The average Bonchev–Trinajstić information content (AvgIpc) is 2.75. The maximum absolute atomic E-state index is 12.7. The lowest BCUT2D eigenvalue weighted by Crippen LogP contribution is -2.50. The molecule has 1 heterocycles. The molecule has 9 heteroatoms. The Morgan fingerprint density at radius 3 is 2.28 bits per heavy atom. The molecule has 180 valence electrons. The van der Waals surface area contributed by atoms with Gasteiger partial charge in [-0.2, -0.15) is 0 Å². The first kappa shape index (κ1) is 25.6. The number of hydrogen-bond donors (Lipinski definition) is 2. The van der Waals surface area contributed by atoms with Gasteiger partial charge in [0.05, 0.1) is 27.9 Å². The summed E-state index contributed by atoms with van der Waals surface area (Å²) in [4.78, 5) is 26.8. The van der Waals surface area contributed by atoms with Crippen LogP contribution in [0.1, 0.15) is 45.6 Å². The quantitative estimate of drug-likeness (QED) is 0.596. The number of benzene rings is 1. The molecular formula is C23H37N3O6. The third-order valence-corrected chi connectivity index (χ3v) is 5.24. The van der Waals surface area contributed by atoms with Crippen molar-refractivity contribution in [3.05, 3.63) is 17.7 Å². The van der Waals surface area contributed by atoms with E-state index < -0.39 is 11.7 Å². The van der Waals surface area contributed by atoms with Gasteiger partial charge in [0.1, 0.15) is 11.4 Å². The lowest BCUT2D eigenvalue weighted by atomic mass is 10.0. The molecule has 0 radical (unpaired) electrons. The number of ether oxygens (including phenoxy) is 4. The van der Waals surface area contributed by atoms with Gasteiger partial charge in [0.2, 0.25) is 5.91 Å². The maximum atomic E-state index is 12.7. The minimum Gasteiger partial charge on any atom is -0.496 e. The highest BCUT2D eigenvalue weighted by Crippen LogP contribution is 2.34. The molecular weight excluding hydrogens is 414 g/mol. The molecule has 1 aromatic rings. The largest absolute Gasteiger partial charge is 0.496 e. The van der Waals surface area contributed by atoms with E-state index >= 15 is 0 Å². The zero-order valence-corrected chi connectivity index (χ0v) is 20.1. The van der Waals surface area contributed by atoms with Crippen molar-refractivity contribution in [1.82, 2.24) is 15.5 Å². The van der Waals surface area contributed by atoms with Gasteiger partial charge in [-0.1, -0.05) is 6.42 Å². The summed E-state index contributed by atoms with van der Waals surface area (Å²) in [5.74, 6) is 1.65. The zero-order chi connectivity index (χ0) is 23.7. The molecule has 1 atom stereocenters. The van der Waals surface area contributed by atoms with Crippen molar-refractivity contribution in [3.8, 4) is 17.2 Å². The number of rotatable bonds is 9. The molecule has 32 heavy (non-hydrogen) atoms. The lowest BCUT2D eigenvalue weighted by molar-refractivity contribution is -0.123. The van der Waals surface area contributed by atoms with Crippen molar-refractivity contribution >= 4 is 12.0 Å². The minimum absolute atomic E-state index is 0.0917. The number of likely N-dealkylation sites (tertiary alicyclic amines) is 1. The van der Waals surface area contributed by atoms with Gasteiger partial charge in [-0.15, -0.1) is 0 Å². The topological polar surface area (TPSA) is 98.4 Å². The summed E-state index contributed by atoms with van der Waals surface area (Å²) < 4.78 is 21.4. The molecule has 2 amide bonds. The Morgan fingerprint density at radius 1 is 1.00 bits per heavy atom. The summed E-state index contributed by atoms with van der Waals surface area (Å²) in [6.45, 7) is 7.32. The highest BCUT2D eigenvalue weighted by atomic mass is 16.6. The second-order valence-electron chi connectivity index (χ2n) is 8.80. The Morgan fingerprint density at radius 2 is 1.66 bits per heavy atom. The van der Waals surface area contributed by atoms with Crippen LogP contribution < -0.4 is 24.8 Å². The van der Waals surface area contributed by atoms with Crippen LogP contribution in [0.5, 0.6) is 17.2 Å². The van der Waals surface area contributed by atoms with Gasteiger partial charge in [-0.05, 0) is 46.2 Å². The third kappa shape index (κ3) is 7.78. The standard InChI is InChI=1S/C23H37N3O6/c1-23(2,3)32-22(28)25-14-17-9-7-8-10-26(17)15-21(27)24-13-16-11-19(30-5)20(31-6)12-18(16)29-4/h11-12,17H,7-10,13-15H2,1-6H3,(H,24,27)(H,25,28). The van der Waals surface area contributed by atoms with Crippen molar-refractivity contribution in [2.75, 3.05) is 41.0 Å². The molecule has 0 aliphatic carbocycles. The monoisotopic (exact) mass is 451 g/mol. The molecule has 0 spiro atoms. The van der Waals surface area contributed by atoms with Crippen LogP contribution in [0.3, 0.4) is 0 Å². The molecule has 1 aromatic carbocycles. The van der Waals surface area contributed by atoms with E-state index in [2.05, 4.69) is 15.5 Å². The summed E-state index contributed by atoms with van der Waals surface area (Å²) >= 11 is 0. The van der Waals surface area contributed by atoms with E-state index in [1.807, 2.05) is 20.8 Å². The number of carbonyl (C=O) groups excluding carboxylic acids is 2. The first-order valence-corrected chi connectivity index (χ1v) is 10.9. The Labute approximate surface area is 190 Å². The molecule has 9 nitrogen and oxygen atoms in total. The van der Waals surface area contributed by atoms with Crippen LogP contribution in [0.4, 0.5) is 4.79 Å². The molecule has 0 aromatic heterocycles. The van der Waals surface area contributed by atoms with E-state index in [1.54, 1.807) is 33.5 Å². The number of carbonyl (C=O) groups is 2. The number of methoxy groups -OCH3 is 3. The molecule has 2 N–H and O–H groups in total. The van der Waals surface area contributed by atoms with Crippen molar-refractivity contribution in [2.45, 2.75) is 58.2 Å². The Kier molecular flexibility index (Phi) is 9.43. The number of hydrogen-bond acceptors (Lipinski definition) is 7. The number of alkyl carbamates (subject to hydrolysis) is 1. The molecule has 1 aliphatic heterocycles. The van der Waals surface area contributed by atoms with E-state index in [0.717, 1.165) is 31.4 Å². The highest BCUT2D eigenvalue weighted by molar-refractivity contribution is 5.78. The van der Waals surface area contributed by atoms with E-state index in [1.165, 1.54) is 0 Å². The number of piperidine rings is 1. The van der Waals surface area contributed by atoms with E-state index in [0.29, 0.717) is 30.3 Å². The second-order valence-corrected chi connectivity index (χ2v) is 8.80. The molecule has 1 aliphatic rings. The van der Waals surface area contributed by atoms with Gasteiger partial charge in [0, 0.05) is 30.8 Å². The van der Waals surface area contributed by atoms with Crippen molar-refractivity contribution in [1.29, 1.82) is 0 Å². The smallest absolute Gasteiger partial charge is 0.407 e. The van der Waals surface area contributed by atoms with E-state index in [-0.39, 0.29) is 18.5 Å². The summed E-state index contributed by atoms with van der Waals surface area (Å²) in [5.41, 5.74) is 0.252. The number of nitrogens with one attached hydrogen (secondary N) is 2. The molecule has 0 bridgehead atoms. The van der Waals surface area contributed by atoms with Gasteiger partial charge < -0.3 is 29.6 Å². The van der Waals surface area contributed by atoms with Gasteiger partial charge in [0.25, 0.3) is 0 Å². The summed E-state index contributed by atoms with van der Waals surface area (Å²) in [5, 5.41) is 5.79. The Balaban J connectivity index is 1.92. The van der Waals surface area contributed by atoms with Gasteiger partial charge in [-0.25, -0.2) is 4.79 Å². The van der Waals surface area contributed by atoms with E-state index in [4.69, 9.17) is 18.9 Å². The fraction of sp³-hybridized carbons (Fsp3) is 0.652. The highest BCUT2D eigenvalue weighted by Gasteiger charge is 2.26. The van der Waals surface area contributed by atoms with Gasteiger partial charge in [-0.3, -0.25) is 9.69 Å². The third-order valence-electron chi connectivity index (χ3n) is 5.24. The van der Waals surface area contributed by atoms with E-state index in [9.17, 15) is 9.59 Å². The van der Waals surface area contributed by atoms with Crippen molar-refractivity contribution in [3.63, 3.8) is 0 Å². The molecule has 0 saturated carbocycles. The van der Waals surface area contributed by atoms with Gasteiger partial charge >= 0.3 is 6.09 Å². The first-order chi connectivity index (χ1) is 15.2. The number of nitrogens with zero attached hydrogens (tertiary/aromatic N) is 1. The predicted octanol–water partition coefficient (Wildman–Crippen LogP) is 2.71. The first-order valence-electron chi connectivity index (χ1n) is 10.9. The zero-order valence-electron chi connectivity index (χ0n) is 20.1. The van der Waals surface area contributed by atoms with Crippen LogP contribution in [0.2, 0.25) is 0 Å². The van der Waals surface area contributed by atoms with Gasteiger partial charge in [0.15, 0.2) is 11.5 Å². The van der Waals surface area contributed by atoms with Crippen molar-refractivity contribution in [2.24, 2.45) is 0 Å². The fourth-order valence-electron chi connectivity index (χ4n) is 3.68. The Hall–Kier alpha value is -2.68.